The molecular formula is C86H62N2O4. The summed E-state index contributed by atoms with van der Waals surface area (Å²) in [5, 5.41) is 23.0. The van der Waals surface area contributed by atoms with E-state index in [-0.39, 0.29) is 47.3 Å². The minimum Gasteiger partial charge on any atom is -0.268 e. The molecule has 0 saturated carbocycles. The third-order valence-electron chi connectivity index (χ3n) is 20.9. The molecule has 0 saturated heterocycles. The lowest BCUT2D eigenvalue weighted by atomic mass is 9.80. The zero-order valence-corrected chi connectivity index (χ0v) is 52.5. The summed E-state index contributed by atoms with van der Waals surface area (Å²) in [4.78, 5) is 63.5. The monoisotopic (exact) mass is 1190 g/mol. The van der Waals surface area contributed by atoms with Crippen LogP contribution in [0.1, 0.15) is 143 Å². The molecule has 0 spiro atoms. The van der Waals surface area contributed by atoms with E-state index in [0.717, 1.165) is 163 Å². The van der Waals surface area contributed by atoms with Gasteiger partial charge in [-0.3, -0.25) is 19.2 Å². The van der Waals surface area contributed by atoms with Crippen LogP contribution in [0.15, 0.2) is 206 Å². The number of amides is 4. The van der Waals surface area contributed by atoms with E-state index in [1.165, 1.54) is 9.80 Å². The van der Waals surface area contributed by atoms with Crippen molar-refractivity contribution in [3.8, 4) is 22.3 Å². The van der Waals surface area contributed by atoms with Gasteiger partial charge in [0.15, 0.2) is 0 Å². The van der Waals surface area contributed by atoms with E-state index in [4.69, 9.17) is 0 Å². The van der Waals surface area contributed by atoms with Gasteiger partial charge in [0.05, 0.1) is 11.4 Å². The molecule has 440 valence electrons. The Morgan fingerprint density at radius 1 is 0.228 bits per heavy atom. The Kier molecular flexibility index (Phi) is 11.4. The predicted molar refractivity (Wildman–Crippen MR) is 384 cm³/mol. The lowest BCUT2D eigenvalue weighted by Crippen LogP contribution is -2.41. The highest BCUT2D eigenvalue weighted by Gasteiger charge is 2.40. The van der Waals surface area contributed by atoms with Gasteiger partial charge < -0.3 is 0 Å². The molecule has 0 radical (unpaired) electrons. The third kappa shape index (κ3) is 7.09. The summed E-state index contributed by atoms with van der Waals surface area (Å²) < 4.78 is 0. The third-order valence-corrected chi connectivity index (χ3v) is 20.9. The first-order valence-electron chi connectivity index (χ1n) is 32.4. The molecule has 6 heteroatoms. The number of imide groups is 2. The second-order valence-electron chi connectivity index (χ2n) is 27.0. The van der Waals surface area contributed by atoms with Gasteiger partial charge in [0, 0.05) is 33.0 Å². The molecular weight excluding hydrogens is 1120 g/mol. The molecule has 16 aromatic rings. The normalized spacial score (nSPS) is 13.9. The number of carbonyl (C=O) groups excluding carboxylic acids is 4. The largest absolute Gasteiger partial charge is 0.268 e. The van der Waals surface area contributed by atoms with Crippen molar-refractivity contribution in [2.45, 2.75) is 79.1 Å². The second-order valence-corrected chi connectivity index (χ2v) is 27.0. The Morgan fingerprint density at radius 3 is 0.815 bits per heavy atom. The van der Waals surface area contributed by atoms with Crippen LogP contribution < -0.4 is 9.80 Å². The summed E-state index contributed by atoms with van der Waals surface area (Å²) in [5.74, 6) is -0.778. The van der Waals surface area contributed by atoms with Gasteiger partial charge in [0.25, 0.3) is 23.6 Å². The molecule has 18 rings (SSSR count). The van der Waals surface area contributed by atoms with Crippen LogP contribution in [0.25, 0.3) is 141 Å². The zero-order chi connectivity index (χ0) is 62.6. The molecule has 0 N–H and O–H groups in total. The van der Waals surface area contributed by atoms with Crippen LogP contribution in [-0.4, -0.2) is 23.6 Å². The van der Waals surface area contributed by atoms with E-state index in [1.807, 2.05) is 36.4 Å². The Labute approximate surface area is 531 Å². The summed E-state index contributed by atoms with van der Waals surface area (Å²) in [6.45, 7) is 17.0. The number of hydrogen-bond acceptors (Lipinski definition) is 4. The van der Waals surface area contributed by atoms with Gasteiger partial charge in [-0.2, -0.15) is 0 Å². The maximum absolute atomic E-state index is 15.2. The predicted octanol–water partition coefficient (Wildman–Crippen LogP) is 22.7. The van der Waals surface area contributed by atoms with Crippen LogP contribution in [0.2, 0.25) is 0 Å². The first-order chi connectivity index (χ1) is 44.7. The lowest BCUT2D eigenvalue weighted by Gasteiger charge is -2.32. The van der Waals surface area contributed by atoms with Gasteiger partial charge in [-0.1, -0.05) is 225 Å². The molecule has 6 nitrogen and oxygen atoms in total. The van der Waals surface area contributed by atoms with Gasteiger partial charge in [-0.15, -0.1) is 0 Å². The maximum Gasteiger partial charge on any atom is 0.266 e. The number of nitrogens with zero attached hydrogens (tertiary/aromatic N) is 2. The maximum atomic E-state index is 15.2. The summed E-state index contributed by atoms with van der Waals surface area (Å²) in [6, 6.07) is 73.3. The lowest BCUT2D eigenvalue weighted by molar-refractivity contribution is 0.0877. The fraction of sp³-hybridized carbons (Fsp3) is 0.140. The van der Waals surface area contributed by atoms with Crippen molar-refractivity contribution in [1.29, 1.82) is 0 Å². The van der Waals surface area contributed by atoms with Crippen molar-refractivity contribution < 1.29 is 19.2 Å². The van der Waals surface area contributed by atoms with E-state index in [9.17, 15) is 0 Å². The number of hydrogen-bond donors (Lipinski definition) is 0. The Morgan fingerprint density at radius 2 is 0.489 bits per heavy atom. The summed E-state index contributed by atoms with van der Waals surface area (Å²) in [7, 11) is 0. The van der Waals surface area contributed by atoms with E-state index in [1.54, 1.807) is 0 Å². The first kappa shape index (κ1) is 54.1. The topological polar surface area (TPSA) is 74.8 Å². The minimum absolute atomic E-state index is 0.0948. The van der Waals surface area contributed by atoms with Crippen molar-refractivity contribution in [3.63, 3.8) is 0 Å². The van der Waals surface area contributed by atoms with Gasteiger partial charge in [0.1, 0.15) is 0 Å². The van der Waals surface area contributed by atoms with Gasteiger partial charge in [0.2, 0.25) is 0 Å². The molecule has 16 aromatic carbocycles. The van der Waals surface area contributed by atoms with Gasteiger partial charge in [-0.25, -0.2) is 9.80 Å². The number of carbonyl (C=O) groups is 4. The highest BCUT2D eigenvalue weighted by atomic mass is 16.2. The smallest absolute Gasteiger partial charge is 0.266 e. The molecule has 0 atom stereocenters. The van der Waals surface area contributed by atoms with E-state index in [0.29, 0.717) is 33.6 Å². The Balaban J connectivity index is 0.842. The van der Waals surface area contributed by atoms with E-state index >= 15 is 19.2 Å². The number of fused-ring (bicyclic) bond motifs is 7. The fourth-order valence-corrected chi connectivity index (χ4v) is 16.8. The highest BCUT2D eigenvalue weighted by Crippen LogP contribution is 2.53. The SMILES string of the molecule is CC(C)c1cccc(C(C)C)c1N1C(=O)c2ccc3c4cccc5c(-c6c7ccccc7cc7c(-c8ccc9c%10ccc%11c%12c(ccc(c%13cccc8c%139)c%12%10)C(=O)N(c8c(C(C)C)cccc8C(C)C)C%11=O)c8ccccc8cc67)ccc(c6ccc(c2c36)C1=O)c54. The van der Waals surface area contributed by atoms with Crippen LogP contribution in [-0.2, 0) is 0 Å². The van der Waals surface area contributed by atoms with Crippen LogP contribution in [0, 0.1) is 0 Å². The van der Waals surface area contributed by atoms with Crippen molar-refractivity contribution in [2.24, 2.45) is 0 Å². The quantitative estimate of drug-likeness (QED) is 0.0863. The van der Waals surface area contributed by atoms with E-state index in [2.05, 4.69) is 225 Å². The average Bonchev–Trinajstić information content (AvgIpc) is 0.704. The summed E-state index contributed by atoms with van der Waals surface area (Å²) >= 11 is 0. The molecule has 4 amide bonds. The second kappa shape index (κ2) is 19.3. The Hall–Kier alpha value is -10.8. The van der Waals surface area contributed by atoms with Crippen molar-refractivity contribution >= 4 is 154 Å². The fourth-order valence-electron chi connectivity index (χ4n) is 16.8. The number of benzene rings is 16. The molecule has 2 heterocycles. The van der Waals surface area contributed by atoms with Crippen molar-refractivity contribution in [1.82, 2.24) is 0 Å². The number of para-hydroxylation sites is 2. The van der Waals surface area contributed by atoms with Gasteiger partial charge >= 0.3 is 0 Å². The standard InChI is InChI=1S/C86H62N2O4/c1-43(2)49-21-13-22-50(44(3)4)81(49)87-83(89)67-37-33-63-57-27-15-25-55-59(29-31-61(75(55)57)65-35-39-69(85(87)91)79(67)77(63)65)73-53-19-11-9-17-47(53)42-72-71(73)41-48-18-10-12-20-54(48)74(72)60-30-32-62-66-36-40-70-80-68(38-34-64(78(66)80)58-28-16-26-56(60)76(58)62)84(90)88(86(70)92)82-51(45(5)6)23-14-24-52(82)46(7)8/h9-46H,1-8H3. The molecule has 0 fully saturated rings. The summed E-state index contributed by atoms with van der Waals surface area (Å²) in [5.41, 5.74) is 12.0. The Bertz CT molecular complexity index is 5500. The van der Waals surface area contributed by atoms with Crippen LogP contribution in [0.5, 0.6) is 0 Å². The number of anilines is 2. The molecule has 2 aliphatic heterocycles. The average molecular weight is 1190 g/mol. The first-order valence-corrected chi connectivity index (χ1v) is 32.4. The molecule has 0 unspecified atom stereocenters. The highest BCUT2D eigenvalue weighted by molar-refractivity contribution is 6.45. The molecule has 92 heavy (non-hydrogen) atoms. The molecule has 0 aliphatic carbocycles. The number of rotatable bonds is 8. The van der Waals surface area contributed by atoms with Crippen LogP contribution >= 0.6 is 0 Å². The van der Waals surface area contributed by atoms with E-state index < -0.39 is 0 Å². The van der Waals surface area contributed by atoms with Crippen LogP contribution in [0.3, 0.4) is 0 Å². The minimum atomic E-state index is -0.289. The zero-order valence-electron chi connectivity index (χ0n) is 52.5. The van der Waals surface area contributed by atoms with Gasteiger partial charge in [-0.05, 0) is 212 Å². The molecule has 0 bridgehead atoms. The summed E-state index contributed by atoms with van der Waals surface area (Å²) in [6.07, 6.45) is 0. The van der Waals surface area contributed by atoms with Crippen molar-refractivity contribution in [2.75, 3.05) is 9.80 Å². The van der Waals surface area contributed by atoms with Crippen molar-refractivity contribution in [3.05, 3.63) is 251 Å². The molecule has 2 aliphatic rings. The van der Waals surface area contributed by atoms with Crippen LogP contribution in [0.4, 0.5) is 11.4 Å². The molecule has 0 aromatic heterocycles.